The third kappa shape index (κ3) is 3.92. The summed E-state index contributed by atoms with van der Waals surface area (Å²) < 4.78 is 21.8. The van der Waals surface area contributed by atoms with Gasteiger partial charge in [0.15, 0.2) is 9.84 Å². The van der Waals surface area contributed by atoms with E-state index < -0.39 is 20.5 Å². The second-order valence-electron chi connectivity index (χ2n) is 5.86. The van der Waals surface area contributed by atoms with Crippen LogP contribution in [0.15, 0.2) is 0 Å². The first-order valence-electron chi connectivity index (χ1n) is 6.91. The van der Waals surface area contributed by atoms with Crippen LogP contribution in [0.25, 0.3) is 0 Å². The molecule has 0 aromatic carbocycles. The van der Waals surface area contributed by atoms with Crippen LogP contribution in [0, 0.1) is 5.92 Å². The summed E-state index contributed by atoms with van der Waals surface area (Å²) in [6, 6.07) is 0.248. The van der Waals surface area contributed by atoms with E-state index >= 15 is 0 Å². The lowest BCUT2D eigenvalue weighted by molar-refractivity contribution is -0.123. The van der Waals surface area contributed by atoms with E-state index in [-0.39, 0.29) is 6.04 Å². The molecular weight excluding hydrogens is 264 g/mol. The van der Waals surface area contributed by atoms with Gasteiger partial charge in [0.05, 0.1) is 0 Å². The van der Waals surface area contributed by atoms with Crippen LogP contribution >= 0.6 is 0 Å². The molecule has 0 bridgehead atoms. The van der Waals surface area contributed by atoms with E-state index in [2.05, 4.69) is 17.6 Å². The molecule has 0 spiro atoms. The maximum Gasteiger partial charge on any atom is 0.240 e. The highest BCUT2D eigenvalue weighted by Gasteiger charge is 2.38. The summed E-state index contributed by atoms with van der Waals surface area (Å²) in [7, 11) is -3.41. The van der Waals surface area contributed by atoms with Gasteiger partial charge in [0.2, 0.25) is 5.91 Å². The zero-order valence-electron chi connectivity index (χ0n) is 12.3. The molecule has 0 aliphatic carbocycles. The van der Waals surface area contributed by atoms with E-state index in [1.54, 1.807) is 0 Å². The molecule has 1 fully saturated rings. The summed E-state index contributed by atoms with van der Waals surface area (Å²) in [6.07, 6.45) is 4.50. The van der Waals surface area contributed by atoms with Crippen molar-refractivity contribution in [3.05, 3.63) is 0 Å². The molecular formula is C13H26N2O3S. The van der Waals surface area contributed by atoms with Crippen molar-refractivity contribution in [1.29, 1.82) is 0 Å². The Bertz CT molecular complexity index is 418. The molecule has 1 aliphatic heterocycles. The standard InChI is InChI=1S/C13H26N2O3S/c1-5-10-7-6-8-14-11(10)9-15-12(16)13(2,3)19(4,17)18/h10-11,14H,5-9H2,1-4H3,(H,15,16). The molecule has 0 radical (unpaired) electrons. The second-order valence-corrected chi connectivity index (χ2v) is 8.43. The molecule has 1 rings (SSSR count). The molecule has 2 N–H and O–H groups in total. The lowest BCUT2D eigenvalue weighted by Crippen LogP contribution is -2.53. The number of sulfone groups is 1. The summed E-state index contributed by atoms with van der Waals surface area (Å²) in [5, 5.41) is 6.18. The largest absolute Gasteiger partial charge is 0.353 e. The van der Waals surface area contributed by atoms with Crippen LogP contribution in [-0.4, -0.2) is 44.5 Å². The molecule has 1 heterocycles. The Morgan fingerprint density at radius 3 is 2.58 bits per heavy atom. The number of amides is 1. The van der Waals surface area contributed by atoms with E-state index in [0.717, 1.165) is 25.6 Å². The maximum atomic E-state index is 12.0. The van der Waals surface area contributed by atoms with E-state index in [1.807, 2.05) is 0 Å². The fourth-order valence-corrected chi connectivity index (χ4v) is 2.74. The molecule has 2 unspecified atom stereocenters. The first kappa shape index (κ1) is 16.4. The van der Waals surface area contributed by atoms with Crippen LogP contribution in [0.2, 0.25) is 0 Å². The lowest BCUT2D eigenvalue weighted by atomic mass is 9.88. The zero-order chi connectivity index (χ0) is 14.7. The Morgan fingerprint density at radius 1 is 1.42 bits per heavy atom. The molecule has 0 aromatic heterocycles. The van der Waals surface area contributed by atoms with Gasteiger partial charge in [-0.2, -0.15) is 0 Å². The van der Waals surface area contributed by atoms with Gasteiger partial charge in [0.1, 0.15) is 4.75 Å². The summed E-state index contributed by atoms with van der Waals surface area (Å²) in [5.41, 5.74) is 0. The van der Waals surface area contributed by atoms with Crippen molar-refractivity contribution in [1.82, 2.24) is 10.6 Å². The predicted octanol–water partition coefficient (Wildman–Crippen LogP) is 0.704. The van der Waals surface area contributed by atoms with Gasteiger partial charge in [0.25, 0.3) is 0 Å². The molecule has 1 amide bonds. The highest BCUT2D eigenvalue weighted by Crippen LogP contribution is 2.20. The van der Waals surface area contributed by atoms with Gasteiger partial charge in [0, 0.05) is 18.8 Å². The minimum absolute atomic E-state index is 0.248. The fourth-order valence-electron chi connectivity index (χ4n) is 2.33. The highest BCUT2D eigenvalue weighted by molar-refractivity contribution is 7.92. The number of carbonyl (C=O) groups excluding carboxylic acids is 1. The van der Waals surface area contributed by atoms with E-state index in [0.29, 0.717) is 12.5 Å². The zero-order valence-corrected chi connectivity index (χ0v) is 13.1. The highest BCUT2D eigenvalue weighted by atomic mass is 32.2. The molecule has 2 atom stereocenters. The van der Waals surface area contributed by atoms with Crippen LogP contribution < -0.4 is 10.6 Å². The number of hydrogen-bond acceptors (Lipinski definition) is 4. The Balaban J connectivity index is 2.59. The number of piperidine rings is 1. The van der Waals surface area contributed by atoms with Gasteiger partial charge in [-0.05, 0) is 39.2 Å². The fraction of sp³-hybridized carbons (Fsp3) is 0.923. The molecule has 5 nitrogen and oxygen atoms in total. The van der Waals surface area contributed by atoms with E-state index in [9.17, 15) is 13.2 Å². The Hall–Kier alpha value is -0.620. The summed E-state index contributed by atoms with van der Waals surface area (Å²) in [6.45, 7) is 6.50. The van der Waals surface area contributed by atoms with Crippen molar-refractivity contribution >= 4 is 15.7 Å². The summed E-state index contributed by atoms with van der Waals surface area (Å²) in [5.74, 6) is 0.132. The summed E-state index contributed by atoms with van der Waals surface area (Å²) >= 11 is 0. The van der Waals surface area contributed by atoms with Gasteiger partial charge in [-0.1, -0.05) is 13.3 Å². The van der Waals surface area contributed by atoms with Crippen molar-refractivity contribution in [3.63, 3.8) is 0 Å². The number of rotatable bonds is 5. The van der Waals surface area contributed by atoms with Crippen LogP contribution in [0.5, 0.6) is 0 Å². The number of carbonyl (C=O) groups is 1. The smallest absolute Gasteiger partial charge is 0.240 e. The summed E-state index contributed by atoms with van der Waals surface area (Å²) in [4.78, 5) is 12.0. The first-order valence-corrected chi connectivity index (χ1v) is 8.80. The molecule has 6 heteroatoms. The molecule has 1 aliphatic rings. The molecule has 0 aromatic rings. The van der Waals surface area contributed by atoms with E-state index in [1.165, 1.54) is 20.3 Å². The molecule has 112 valence electrons. The minimum atomic E-state index is -3.41. The molecule has 19 heavy (non-hydrogen) atoms. The average Bonchev–Trinajstić information content (AvgIpc) is 2.34. The number of nitrogens with one attached hydrogen (secondary N) is 2. The topological polar surface area (TPSA) is 75.3 Å². The van der Waals surface area contributed by atoms with Gasteiger partial charge in [-0.15, -0.1) is 0 Å². The van der Waals surface area contributed by atoms with Crippen molar-refractivity contribution in [2.75, 3.05) is 19.3 Å². The normalized spacial score (nSPS) is 25.1. The third-order valence-electron chi connectivity index (χ3n) is 4.21. The van der Waals surface area contributed by atoms with Gasteiger partial charge in [-0.25, -0.2) is 8.42 Å². The van der Waals surface area contributed by atoms with Crippen molar-refractivity contribution in [2.24, 2.45) is 5.92 Å². The third-order valence-corrected chi connectivity index (χ3v) is 6.25. The van der Waals surface area contributed by atoms with Crippen molar-refractivity contribution < 1.29 is 13.2 Å². The molecule has 1 saturated heterocycles. The second kappa shape index (κ2) is 6.22. The molecule has 0 saturated carbocycles. The predicted molar refractivity (Wildman–Crippen MR) is 76.7 cm³/mol. The van der Waals surface area contributed by atoms with E-state index in [4.69, 9.17) is 0 Å². The van der Waals surface area contributed by atoms with Crippen molar-refractivity contribution in [2.45, 2.75) is 50.8 Å². The van der Waals surface area contributed by atoms with Crippen LogP contribution in [-0.2, 0) is 14.6 Å². The van der Waals surface area contributed by atoms with Gasteiger partial charge >= 0.3 is 0 Å². The van der Waals surface area contributed by atoms with Crippen molar-refractivity contribution in [3.8, 4) is 0 Å². The maximum absolute atomic E-state index is 12.0. The Morgan fingerprint density at radius 2 is 2.05 bits per heavy atom. The Labute approximate surface area is 116 Å². The Kier molecular flexibility index (Phi) is 5.38. The van der Waals surface area contributed by atoms with Gasteiger partial charge < -0.3 is 10.6 Å². The van der Waals surface area contributed by atoms with Crippen LogP contribution in [0.1, 0.15) is 40.0 Å². The van der Waals surface area contributed by atoms with Gasteiger partial charge in [-0.3, -0.25) is 4.79 Å². The quantitative estimate of drug-likeness (QED) is 0.782. The lowest BCUT2D eigenvalue weighted by Gasteiger charge is -2.33. The van der Waals surface area contributed by atoms with Crippen LogP contribution in [0.3, 0.4) is 0 Å². The first-order chi connectivity index (χ1) is 8.70. The SMILES string of the molecule is CCC1CCCNC1CNC(=O)C(C)(C)S(C)(=O)=O. The monoisotopic (exact) mass is 290 g/mol. The average molecular weight is 290 g/mol. The van der Waals surface area contributed by atoms with Crippen LogP contribution in [0.4, 0.5) is 0 Å². The number of hydrogen-bond donors (Lipinski definition) is 2. The minimum Gasteiger partial charge on any atom is -0.353 e.